The van der Waals surface area contributed by atoms with Gasteiger partial charge in [0.25, 0.3) is 0 Å². The molecule has 1 heterocycles. The van der Waals surface area contributed by atoms with Crippen LogP contribution >= 0.6 is 11.3 Å². The molecule has 3 atom stereocenters. The van der Waals surface area contributed by atoms with E-state index in [9.17, 15) is 19.5 Å². The number of carbonyl (C=O) groups is 3. The Balaban J connectivity index is 2.72. The predicted molar refractivity (Wildman–Crippen MR) is 76.7 cm³/mol. The molecule has 1 aromatic rings. The van der Waals surface area contributed by atoms with E-state index in [1.165, 1.54) is 25.2 Å². The molecule has 4 N–H and O–H groups in total. The minimum atomic E-state index is -1.38. The summed E-state index contributed by atoms with van der Waals surface area (Å²) in [5.74, 6) is -2.16. The number of amides is 2. The lowest BCUT2D eigenvalue weighted by Crippen LogP contribution is -2.48. The van der Waals surface area contributed by atoms with Gasteiger partial charge in [0.1, 0.15) is 0 Å². The van der Waals surface area contributed by atoms with Gasteiger partial charge in [0.05, 0.1) is 18.6 Å². The summed E-state index contributed by atoms with van der Waals surface area (Å²) in [6.45, 7) is 2.62. The molecular weight excluding hydrogens is 296 g/mol. The average molecular weight is 314 g/mol. The average Bonchev–Trinajstić information content (AvgIpc) is 2.87. The molecule has 8 heteroatoms. The van der Waals surface area contributed by atoms with Crippen LogP contribution in [0.4, 0.5) is 0 Å². The van der Waals surface area contributed by atoms with Crippen LogP contribution in [0.1, 0.15) is 31.2 Å². The molecule has 1 unspecified atom stereocenters. The maximum Gasteiger partial charge on any atom is 0.328 e. The fourth-order valence-electron chi connectivity index (χ4n) is 1.76. The monoisotopic (exact) mass is 314 g/mol. The van der Waals surface area contributed by atoms with Gasteiger partial charge in [0.2, 0.25) is 11.8 Å². The Bertz CT molecular complexity index is 501. The van der Waals surface area contributed by atoms with Crippen LogP contribution in [0.15, 0.2) is 17.5 Å². The Morgan fingerprint density at radius 1 is 1.33 bits per heavy atom. The molecule has 0 aromatic carbocycles. The molecule has 116 valence electrons. The number of hydrogen-bond acceptors (Lipinski definition) is 5. The largest absolute Gasteiger partial charge is 0.480 e. The molecular formula is C13H18N2O5S. The van der Waals surface area contributed by atoms with E-state index >= 15 is 0 Å². The maximum absolute atomic E-state index is 11.9. The highest BCUT2D eigenvalue weighted by molar-refractivity contribution is 7.10. The third-order valence-electron chi connectivity index (χ3n) is 2.72. The topological polar surface area (TPSA) is 116 Å². The fraction of sp³-hybridized carbons (Fsp3) is 0.462. The normalized spacial score (nSPS) is 14.8. The molecule has 0 aliphatic rings. The van der Waals surface area contributed by atoms with Crippen LogP contribution in [0.2, 0.25) is 0 Å². The molecule has 0 bridgehead atoms. The van der Waals surface area contributed by atoms with Crippen molar-refractivity contribution in [2.24, 2.45) is 0 Å². The summed E-state index contributed by atoms with van der Waals surface area (Å²) in [7, 11) is 0. The molecule has 1 aromatic heterocycles. The smallest absolute Gasteiger partial charge is 0.328 e. The summed E-state index contributed by atoms with van der Waals surface area (Å²) in [6.07, 6.45) is -1.32. The number of carboxylic acids is 1. The fourth-order valence-corrected chi connectivity index (χ4v) is 2.54. The summed E-state index contributed by atoms with van der Waals surface area (Å²) in [5, 5.41) is 25.0. The lowest BCUT2D eigenvalue weighted by atomic mass is 10.1. The van der Waals surface area contributed by atoms with E-state index in [1.54, 1.807) is 12.1 Å². The van der Waals surface area contributed by atoms with Crippen molar-refractivity contribution in [2.45, 2.75) is 38.5 Å². The highest BCUT2D eigenvalue weighted by Crippen LogP contribution is 2.22. The van der Waals surface area contributed by atoms with Crippen molar-refractivity contribution in [1.29, 1.82) is 0 Å². The number of thiophene rings is 1. The first-order valence-corrected chi connectivity index (χ1v) is 7.20. The van der Waals surface area contributed by atoms with Crippen LogP contribution in [-0.4, -0.2) is 40.1 Å². The first-order chi connectivity index (χ1) is 9.81. The molecule has 0 saturated heterocycles. The highest BCUT2D eigenvalue weighted by Gasteiger charge is 2.26. The van der Waals surface area contributed by atoms with Crippen LogP contribution < -0.4 is 10.6 Å². The standard InChI is InChI=1S/C13H18N2O5S/c1-7(16)12(13(19)20)15-11(18)6-9(14-8(2)17)10-4-3-5-21-10/h3-5,7,9,12,16H,6H2,1-2H3,(H,14,17)(H,15,18)(H,19,20)/t7-,9?,12+/m1/s1. The van der Waals surface area contributed by atoms with Crippen LogP contribution in [0, 0.1) is 0 Å². The molecule has 0 radical (unpaired) electrons. The van der Waals surface area contributed by atoms with Crippen molar-refractivity contribution in [3.8, 4) is 0 Å². The molecule has 2 amide bonds. The first-order valence-electron chi connectivity index (χ1n) is 6.32. The molecule has 7 nitrogen and oxygen atoms in total. The number of aliphatic carboxylic acids is 1. The third-order valence-corrected chi connectivity index (χ3v) is 3.70. The van der Waals surface area contributed by atoms with Crippen molar-refractivity contribution in [1.82, 2.24) is 10.6 Å². The zero-order valence-electron chi connectivity index (χ0n) is 11.7. The second-order valence-electron chi connectivity index (χ2n) is 4.60. The lowest BCUT2D eigenvalue weighted by molar-refractivity contribution is -0.145. The molecule has 0 saturated carbocycles. The first kappa shape index (κ1) is 17.1. The van der Waals surface area contributed by atoms with Crippen molar-refractivity contribution in [3.05, 3.63) is 22.4 Å². The summed E-state index contributed by atoms with van der Waals surface area (Å²) >= 11 is 1.39. The molecule has 0 fully saturated rings. The van der Waals surface area contributed by atoms with Gasteiger partial charge in [-0.25, -0.2) is 4.79 Å². The number of rotatable bonds is 7. The lowest BCUT2D eigenvalue weighted by Gasteiger charge is -2.20. The Hall–Kier alpha value is -1.93. The number of hydrogen-bond donors (Lipinski definition) is 4. The Morgan fingerprint density at radius 3 is 2.43 bits per heavy atom. The number of carbonyl (C=O) groups excluding carboxylic acids is 2. The van der Waals surface area contributed by atoms with Crippen molar-refractivity contribution in [3.63, 3.8) is 0 Å². The van der Waals surface area contributed by atoms with Gasteiger partial charge in [-0.3, -0.25) is 9.59 Å². The number of carboxylic acid groups (broad SMARTS) is 1. The molecule has 0 aliphatic heterocycles. The van der Waals surface area contributed by atoms with E-state index < -0.39 is 30.1 Å². The summed E-state index contributed by atoms with van der Waals surface area (Å²) in [4.78, 5) is 34.8. The molecule has 0 aliphatic carbocycles. The summed E-state index contributed by atoms with van der Waals surface area (Å²) in [6, 6.07) is 1.68. The van der Waals surface area contributed by atoms with Gasteiger partial charge in [-0.1, -0.05) is 6.07 Å². The van der Waals surface area contributed by atoms with Gasteiger partial charge in [-0.2, -0.15) is 0 Å². The van der Waals surface area contributed by atoms with E-state index in [4.69, 9.17) is 5.11 Å². The van der Waals surface area contributed by atoms with Gasteiger partial charge in [0, 0.05) is 11.8 Å². The third kappa shape index (κ3) is 5.52. The minimum absolute atomic E-state index is 0.101. The predicted octanol–water partition coefficient (Wildman–Crippen LogP) is 0.266. The van der Waals surface area contributed by atoms with Crippen LogP contribution in [0.5, 0.6) is 0 Å². The zero-order chi connectivity index (χ0) is 16.0. The van der Waals surface area contributed by atoms with Crippen LogP contribution in [0.25, 0.3) is 0 Å². The number of aliphatic hydroxyl groups is 1. The zero-order valence-corrected chi connectivity index (χ0v) is 12.5. The minimum Gasteiger partial charge on any atom is -0.480 e. The quantitative estimate of drug-likeness (QED) is 0.576. The van der Waals surface area contributed by atoms with Gasteiger partial charge >= 0.3 is 5.97 Å². The summed E-state index contributed by atoms with van der Waals surface area (Å²) < 4.78 is 0. The highest BCUT2D eigenvalue weighted by atomic mass is 32.1. The number of aliphatic hydroxyl groups excluding tert-OH is 1. The van der Waals surface area contributed by atoms with Crippen LogP contribution in [0.3, 0.4) is 0 Å². The van der Waals surface area contributed by atoms with E-state index in [-0.39, 0.29) is 12.3 Å². The maximum atomic E-state index is 11.9. The van der Waals surface area contributed by atoms with E-state index in [0.717, 1.165) is 4.88 Å². The van der Waals surface area contributed by atoms with Gasteiger partial charge in [-0.05, 0) is 18.4 Å². The van der Waals surface area contributed by atoms with Gasteiger partial charge < -0.3 is 20.8 Å². The second-order valence-corrected chi connectivity index (χ2v) is 5.58. The van der Waals surface area contributed by atoms with E-state index in [0.29, 0.717) is 0 Å². The Labute approximate surface area is 126 Å². The van der Waals surface area contributed by atoms with E-state index in [2.05, 4.69) is 10.6 Å². The van der Waals surface area contributed by atoms with Crippen molar-refractivity contribution >= 4 is 29.1 Å². The Kier molecular flexibility index (Phi) is 6.32. The second kappa shape index (κ2) is 7.75. The van der Waals surface area contributed by atoms with Crippen molar-refractivity contribution in [2.75, 3.05) is 0 Å². The molecule has 0 spiro atoms. The van der Waals surface area contributed by atoms with E-state index in [1.807, 2.05) is 5.38 Å². The summed E-state index contributed by atoms with van der Waals surface area (Å²) in [5.41, 5.74) is 0. The number of nitrogens with one attached hydrogen (secondary N) is 2. The van der Waals surface area contributed by atoms with Gasteiger partial charge in [-0.15, -0.1) is 11.3 Å². The van der Waals surface area contributed by atoms with Gasteiger partial charge in [0.15, 0.2) is 6.04 Å². The van der Waals surface area contributed by atoms with Crippen molar-refractivity contribution < 1.29 is 24.6 Å². The Morgan fingerprint density at radius 2 is 2.00 bits per heavy atom. The SMILES string of the molecule is CC(=O)NC(CC(=O)N[C@H](C(=O)O)[C@@H](C)O)c1cccs1. The van der Waals surface area contributed by atoms with Crippen LogP contribution in [-0.2, 0) is 14.4 Å². The molecule has 1 rings (SSSR count). The molecule has 21 heavy (non-hydrogen) atoms.